The van der Waals surface area contributed by atoms with Gasteiger partial charge >= 0.3 is 5.97 Å². The Labute approximate surface area is 171 Å². The fourth-order valence-corrected chi connectivity index (χ4v) is 4.07. The monoisotopic (exact) mass is 444 g/mol. The number of likely N-dealkylation sites (N-methyl/N-ethyl adjacent to an activating group) is 1. The van der Waals surface area contributed by atoms with E-state index in [1.165, 1.54) is 0 Å². The molecule has 0 bridgehead atoms. The van der Waals surface area contributed by atoms with E-state index in [1.807, 2.05) is 44.3 Å². The predicted octanol–water partition coefficient (Wildman–Crippen LogP) is 4.57. The van der Waals surface area contributed by atoms with Gasteiger partial charge in [-0.05, 0) is 46.6 Å². The molecule has 4 rings (SSSR count). The number of nitrogens with zero attached hydrogens (tertiary/aromatic N) is 2. The molecule has 3 aromatic rings. The minimum Gasteiger partial charge on any atom is -0.481 e. The molecular weight excluding hydrogens is 424 g/mol. The van der Waals surface area contributed by atoms with Gasteiger partial charge in [0.25, 0.3) is 0 Å². The van der Waals surface area contributed by atoms with Crippen LogP contribution in [0.5, 0.6) is 5.75 Å². The highest BCUT2D eigenvalue weighted by atomic mass is 79.9. The molecule has 1 aliphatic rings. The van der Waals surface area contributed by atoms with Gasteiger partial charge in [0.05, 0.1) is 25.3 Å². The van der Waals surface area contributed by atoms with E-state index in [4.69, 9.17) is 13.9 Å². The second kappa shape index (κ2) is 7.47. The standard InChI is InChI=1S/C21H21BrN2O4/c1-4-26-19(25)10-13-6-5-7-16-21(13)28-18(11-24(16)3)14-8-15(22)20-17(9-14)27-12(2)23-20/h5-9,18H,4,10-11H2,1-3H3. The average molecular weight is 445 g/mol. The Hall–Kier alpha value is -2.54. The minimum absolute atomic E-state index is 0.182. The first kappa shape index (κ1) is 18.8. The van der Waals surface area contributed by atoms with E-state index in [2.05, 4.69) is 25.8 Å². The first-order chi connectivity index (χ1) is 13.5. The van der Waals surface area contributed by atoms with E-state index in [0.717, 1.165) is 38.1 Å². The largest absolute Gasteiger partial charge is 0.481 e. The lowest BCUT2D eigenvalue weighted by Crippen LogP contribution is -2.32. The van der Waals surface area contributed by atoms with Gasteiger partial charge in [-0.2, -0.15) is 0 Å². The highest BCUT2D eigenvalue weighted by Gasteiger charge is 2.28. The van der Waals surface area contributed by atoms with Crippen LogP contribution in [0.1, 0.15) is 30.0 Å². The molecule has 1 aromatic heterocycles. The summed E-state index contributed by atoms with van der Waals surface area (Å²) in [6, 6.07) is 9.83. The number of ether oxygens (including phenoxy) is 2. The number of carbonyl (C=O) groups excluding carboxylic acids is 1. The van der Waals surface area contributed by atoms with Crippen LogP contribution in [0, 0.1) is 6.92 Å². The Balaban J connectivity index is 1.70. The molecule has 0 radical (unpaired) electrons. The molecule has 146 valence electrons. The van der Waals surface area contributed by atoms with Gasteiger partial charge in [-0.15, -0.1) is 0 Å². The molecule has 28 heavy (non-hydrogen) atoms. The molecule has 0 N–H and O–H groups in total. The van der Waals surface area contributed by atoms with E-state index in [0.29, 0.717) is 19.0 Å². The number of para-hydroxylation sites is 1. The molecule has 0 fully saturated rings. The SMILES string of the molecule is CCOC(=O)Cc1cccc2c1OC(c1cc(Br)c3nc(C)oc3c1)CN2C. The normalized spacial score (nSPS) is 16.0. The van der Waals surface area contributed by atoms with E-state index >= 15 is 0 Å². The summed E-state index contributed by atoms with van der Waals surface area (Å²) >= 11 is 3.59. The minimum atomic E-state index is -0.259. The third kappa shape index (κ3) is 3.46. The zero-order valence-corrected chi connectivity index (χ0v) is 17.6. The van der Waals surface area contributed by atoms with Gasteiger partial charge in [0, 0.05) is 24.0 Å². The predicted molar refractivity (Wildman–Crippen MR) is 110 cm³/mol. The second-order valence-electron chi connectivity index (χ2n) is 6.82. The lowest BCUT2D eigenvalue weighted by molar-refractivity contribution is -0.142. The number of benzene rings is 2. The number of oxazole rings is 1. The van der Waals surface area contributed by atoms with Crippen molar-refractivity contribution in [2.75, 3.05) is 25.1 Å². The van der Waals surface area contributed by atoms with Crippen LogP contribution in [0.15, 0.2) is 39.2 Å². The summed E-state index contributed by atoms with van der Waals surface area (Å²) in [4.78, 5) is 18.5. The Morgan fingerprint density at radius 3 is 3.00 bits per heavy atom. The van der Waals surface area contributed by atoms with Crippen molar-refractivity contribution in [1.82, 2.24) is 4.98 Å². The van der Waals surface area contributed by atoms with Crippen LogP contribution in [-0.4, -0.2) is 31.2 Å². The molecule has 1 atom stereocenters. The number of fused-ring (bicyclic) bond motifs is 2. The number of halogens is 1. The molecule has 2 heterocycles. The maximum absolute atomic E-state index is 12.0. The van der Waals surface area contributed by atoms with Crippen LogP contribution in [0.3, 0.4) is 0 Å². The second-order valence-corrected chi connectivity index (χ2v) is 7.67. The summed E-state index contributed by atoms with van der Waals surface area (Å²) in [7, 11) is 2.02. The summed E-state index contributed by atoms with van der Waals surface area (Å²) in [5.41, 5.74) is 4.29. The van der Waals surface area contributed by atoms with Crippen molar-refractivity contribution >= 4 is 38.7 Å². The van der Waals surface area contributed by atoms with Gasteiger partial charge in [-0.1, -0.05) is 12.1 Å². The van der Waals surface area contributed by atoms with Crippen molar-refractivity contribution in [2.45, 2.75) is 26.4 Å². The van der Waals surface area contributed by atoms with Crippen molar-refractivity contribution in [3.8, 4) is 5.75 Å². The van der Waals surface area contributed by atoms with Crippen molar-refractivity contribution < 1.29 is 18.7 Å². The first-order valence-corrected chi connectivity index (χ1v) is 9.97. The van der Waals surface area contributed by atoms with Crippen molar-refractivity contribution in [2.24, 2.45) is 0 Å². The van der Waals surface area contributed by atoms with Gasteiger partial charge in [0.2, 0.25) is 0 Å². The number of carbonyl (C=O) groups is 1. The molecule has 2 aromatic carbocycles. The summed E-state index contributed by atoms with van der Waals surface area (Å²) < 4.78 is 18.1. The van der Waals surface area contributed by atoms with Gasteiger partial charge in [0.15, 0.2) is 11.5 Å². The van der Waals surface area contributed by atoms with Crippen molar-refractivity contribution in [3.63, 3.8) is 0 Å². The number of hydrogen-bond acceptors (Lipinski definition) is 6. The van der Waals surface area contributed by atoms with Crippen LogP contribution in [0.4, 0.5) is 5.69 Å². The number of anilines is 1. The Bertz CT molecular complexity index is 1050. The van der Waals surface area contributed by atoms with Gasteiger partial charge in [-0.3, -0.25) is 4.79 Å². The summed E-state index contributed by atoms with van der Waals surface area (Å²) in [5.74, 6) is 1.08. The summed E-state index contributed by atoms with van der Waals surface area (Å²) in [6.07, 6.45) is -0.0198. The maximum Gasteiger partial charge on any atom is 0.310 e. The topological polar surface area (TPSA) is 64.8 Å². The smallest absolute Gasteiger partial charge is 0.310 e. The zero-order valence-electron chi connectivity index (χ0n) is 16.0. The molecular formula is C21H21BrN2O4. The van der Waals surface area contributed by atoms with Gasteiger partial charge < -0.3 is 18.8 Å². The van der Waals surface area contributed by atoms with E-state index < -0.39 is 0 Å². The molecule has 1 unspecified atom stereocenters. The number of aromatic nitrogens is 1. The molecule has 0 saturated heterocycles. The van der Waals surface area contributed by atoms with Crippen LogP contribution < -0.4 is 9.64 Å². The third-order valence-corrected chi connectivity index (χ3v) is 5.38. The number of aryl methyl sites for hydroxylation is 1. The van der Waals surface area contributed by atoms with E-state index in [-0.39, 0.29) is 18.5 Å². The lowest BCUT2D eigenvalue weighted by atomic mass is 10.0. The molecule has 7 heteroatoms. The molecule has 6 nitrogen and oxygen atoms in total. The van der Waals surface area contributed by atoms with E-state index in [1.54, 1.807) is 6.92 Å². The number of hydrogen-bond donors (Lipinski definition) is 0. The summed E-state index contributed by atoms with van der Waals surface area (Å²) in [5, 5.41) is 0. The zero-order chi connectivity index (χ0) is 19.8. The third-order valence-electron chi connectivity index (χ3n) is 4.78. The Morgan fingerprint density at radius 2 is 2.21 bits per heavy atom. The fourth-order valence-electron chi connectivity index (χ4n) is 3.52. The van der Waals surface area contributed by atoms with Crippen LogP contribution >= 0.6 is 15.9 Å². The van der Waals surface area contributed by atoms with Crippen LogP contribution in [0.2, 0.25) is 0 Å². The van der Waals surface area contributed by atoms with Gasteiger partial charge in [0.1, 0.15) is 17.4 Å². The van der Waals surface area contributed by atoms with Gasteiger partial charge in [-0.25, -0.2) is 4.98 Å². The average Bonchev–Trinajstić information content (AvgIpc) is 3.03. The first-order valence-electron chi connectivity index (χ1n) is 9.18. The quantitative estimate of drug-likeness (QED) is 0.548. The number of rotatable bonds is 4. The fraction of sp³-hybridized carbons (Fsp3) is 0.333. The molecule has 0 spiro atoms. The maximum atomic E-state index is 12.0. The molecule has 0 saturated carbocycles. The molecule has 0 aliphatic carbocycles. The Morgan fingerprint density at radius 1 is 1.39 bits per heavy atom. The highest BCUT2D eigenvalue weighted by Crippen LogP contribution is 2.41. The van der Waals surface area contributed by atoms with Crippen LogP contribution in [0.25, 0.3) is 11.1 Å². The van der Waals surface area contributed by atoms with Crippen LogP contribution in [-0.2, 0) is 16.0 Å². The van der Waals surface area contributed by atoms with Crippen molar-refractivity contribution in [3.05, 3.63) is 51.8 Å². The summed E-state index contributed by atoms with van der Waals surface area (Å²) in [6.45, 7) is 4.68. The molecule has 0 amide bonds. The number of esters is 1. The highest BCUT2D eigenvalue weighted by molar-refractivity contribution is 9.10. The van der Waals surface area contributed by atoms with E-state index in [9.17, 15) is 4.79 Å². The Kier molecular flexibility index (Phi) is 5.02. The molecule has 1 aliphatic heterocycles. The van der Waals surface area contributed by atoms with Crippen molar-refractivity contribution in [1.29, 1.82) is 0 Å². The lowest BCUT2D eigenvalue weighted by Gasteiger charge is -2.35.